The molecule has 1 aromatic heterocycles. The quantitative estimate of drug-likeness (QED) is 0.827. The summed E-state index contributed by atoms with van der Waals surface area (Å²) in [6, 6.07) is 7.99. The maximum absolute atomic E-state index is 11.9. The molecule has 0 aliphatic heterocycles. The van der Waals surface area contributed by atoms with Crippen molar-refractivity contribution < 1.29 is 4.79 Å². The minimum Gasteiger partial charge on any atom is -0.299 e. The van der Waals surface area contributed by atoms with Crippen molar-refractivity contribution in [1.29, 1.82) is 0 Å². The Balaban J connectivity index is 2.34. The molecule has 3 nitrogen and oxygen atoms in total. The topological polar surface area (TPSA) is 42.9 Å². The summed E-state index contributed by atoms with van der Waals surface area (Å²) in [4.78, 5) is 11.9. The molecule has 0 fully saturated rings. The Bertz CT molecular complexity index is 576. The Morgan fingerprint density at radius 3 is 2.50 bits per heavy atom. The average molecular weight is 242 g/mol. The highest BCUT2D eigenvalue weighted by Crippen LogP contribution is 2.19. The van der Waals surface area contributed by atoms with Crippen molar-refractivity contribution in [2.75, 3.05) is 0 Å². The van der Waals surface area contributed by atoms with Gasteiger partial charge in [-0.25, -0.2) is 0 Å². The first kappa shape index (κ1) is 12.7. The Morgan fingerprint density at radius 1 is 1.17 bits per heavy atom. The highest BCUT2D eigenvalue weighted by Gasteiger charge is 2.11. The van der Waals surface area contributed by atoms with Crippen LogP contribution in [0.1, 0.15) is 31.7 Å². The molecule has 1 aromatic carbocycles. The number of ketones is 1. The van der Waals surface area contributed by atoms with Crippen LogP contribution in [0.2, 0.25) is 0 Å². The van der Waals surface area contributed by atoms with Gasteiger partial charge in [0.15, 0.2) is 0 Å². The third-order valence-corrected chi connectivity index (χ3v) is 2.95. The van der Waals surface area contributed by atoms with E-state index in [1.807, 2.05) is 31.2 Å². The smallest absolute Gasteiger partial charge is 0.139 e. The molecule has 3 heteroatoms. The van der Waals surface area contributed by atoms with Crippen molar-refractivity contribution in [3.63, 3.8) is 0 Å². The number of aromatic nitrogens is 2. The first-order valence-electron chi connectivity index (χ1n) is 6.30. The Labute approximate surface area is 107 Å². The highest BCUT2D eigenvalue weighted by molar-refractivity contribution is 5.90. The van der Waals surface area contributed by atoms with Crippen LogP contribution < -0.4 is 0 Å². The van der Waals surface area contributed by atoms with E-state index in [9.17, 15) is 4.79 Å². The van der Waals surface area contributed by atoms with E-state index in [1.54, 1.807) is 0 Å². The maximum Gasteiger partial charge on any atom is 0.139 e. The summed E-state index contributed by atoms with van der Waals surface area (Å²) in [5.41, 5.74) is 1.70. The molecule has 0 saturated heterocycles. The molecule has 2 aromatic rings. The van der Waals surface area contributed by atoms with Gasteiger partial charge >= 0.3 is 0 Å². The van der Waals surface area contributed by atoms with Crippen LogP contribution in [-0.4, -0.2) is 16.0 Å². The third kappa shape index (κ3) is 2.73. The fraction of sp³-hybridized carbons (Fsp3) is 0.400. The van der Waals surface area contributed by atoms with E-state index in [0.717, 1.165) is 22.2 Å². The Hall–Kier alpha value is -1.77. The molecule has 0 aliphatic rings. The van der Waals surface area contributed by atoms with Gasteiger partial charge in [0.2, 0.25) is 0 Å². The second-order valence-corrected chi connectivity index (χ2v) is 5.09. The van der Waals surface area contributed by atoms with Crippen LogP contribution in [0.3, 0.4) is 0 Å². The van der Waals surface area contributed by atoms with Crippen molar-refractivity contribution in [3.8, 4) is 0 Å². The molecule has 0 amide bonds. The Kier molecular flexibility index (Phi) is 3.70. The van der Waals surface area contributed by atoms with E-state index in [0.29, 0.717) is 18.8 Å². The van der Waals surface area contributed by atoms with Gasteiger partial charge in [0, 0.05) is 17.2 Å². The molecule has 0 bridgehead atoms. The van der Waals surface area contributed by atoms with E-state index in [4.69, 9.17) is 0 Å². The van der Waals surface area contributed by atoms with Gasteiger partial charge < -0.3 is 0 Å². The number of aryl methyl sites for hydroxylation is 1. The third-order valence-electron chi connectivity index (χ3n) is 2.95. The van der Waals surface area contributed by atoms with Crippen LogP contribution >= 0.6 is 0 Å². The van der Waals surface area contributed by atoms with Gasteiger partial charge in [0.05, 0.1) is 17.8 Å². The fourth-order valence-corrected chi connectivity index (χ4v) is 2.14. The van der Waals surface area contributed by atoms with Crippen LogP contribution in [0.4, 0.5) is 0 Å². The van der Waals surface area contributed by atoms with Gasteiger partial charge in [-0.05, 0) is 12.8 Å². The average Bonchev–Trinajstić information content (AvgIpc) is 2.32. The van der Waals surface area contributed by atoms with Crippen LogP contribution in [0.15, 0.2) is 24.3 Å². The summed E-state index contributed by atoms with van der Waals surface area (Å²) in [7, 11) is 0. The van der Waals surface area contributed by atoms with Crippen molar-refractivity contribution in [2.45, 2.75) is 33.6 Å². The second-order valence-electron chi connectivity index (χ2n) is 5.09. The van der Waals surface area contributed by atoms with E-state index < -0.39 is 0 Å². The summed E-state index contributed by atoms with van der Waals surface area (Å²) in [6.07, 6.45) is 0.982. The zero-order valence-corrected chi connectivity index (χ0v) is 11.1. The molecule has 0 unspecified atom stereocenters. The zero-order valence-electron chi connectivity index (χ0n) is 11.1. The number of fused-ring (bicyclic) bond motifs is 1. The Morgan fingerprint density at radius 2 is 1.83 bits per heavy atom. The lowest BCUT2D eigenvalue weighted by Crippen LogP contribution is -2.09. The van der Waals surface area contributed by atoms with Gasteiger partial charge in [0.25, 0.3) is 0 Å². The van der Waals surface area contributed by atoms with Crippen LogP contribution in [-0.2, 0) is 11.2 Å². The number of hydrogen-bond donors (Lipinski definition) is 0. The molecular weight excluding hydrogens is 224 g/mol. The standard InChI is InChI=1S/C15H18N2O/c1-10(2)8-12(18)9-15-14-7-5-4-6-13(14)11(3)16-17-15/h4-7,10H,8-9H2,1-3H3. The number of benzene rings is 1. The van der Waals surface area contributed by atoms with Crippen LogP contribution in [0, 0.1) is 12.8 Å². The normalized spacial score (nSPS) is 11.1. The van der Waals surface area contributed by atoms with Gasteiger partial charge in [-0.3, -0.25) is 4.79 Å². The summed E-state index contributed by atoms with van der Waals surface area (Å²) >= 11 is 0. The van der Waals surface area contributed by atoms with Crippen LogP contribution in [0.5, 0.6) is 0 Å². The summed E-state index contributed by atoms with van der Waals surface area (Å²) in [5, 5.41) is 10.4. The molecule has 94 valence electrons. The highest BCUT2D eigenvalue weighted by atomic mass is 16.1. The van der Waals surface area contributed by atoms with E-state index >= 15 is 0 Å². The van der Waals surface area contributed by atoms with Crippen molar-refractivity contribution in [1.82, 2.24) is 10.2 Å². The number of hydrogen-bond acceptors (Lipinski definition) is 3. The molecule has 0 spiro atoms. The maximum atomic E-state index is 11.9. The molecule has 0 radical (unpaired) electrons. The van der Waals surface area contributed by atoms with Crippen molar-refractivity contribution in [2.24, 2.45) is 5.92 Å². The molecule has 2 rings (SSSR count). The lowest BCUT2D eigenvalue weighted by Gasteiger charge is -2.07. The predicted octanol–water partition coefficient (Wildman–Crippen LogP) is 3.10. The van der Waals surface area contributed by atoms with Crippen LogP contribution in [0.25, 0.3) is 10.8 Å². The number of carbonyl (C=O) groups is 1. The fourth-order valence-electron chi connectivity index (χ4n) is 2.14. The number of Topliss-reactive ketones (excluding diaryl/α,β-unsaturated/α-hetero) is 1. The van der Waals surface area contributed by atoms with Gasteiger partial charge in [-0.1, -0.05) is 38.1 Å². The van der Waals surface area contributed by atoms with E-state index in [1.165, 1.54) is 0 Å². The monoisotopic (exact) mass is 242 g/mol. The van der Waals surface area contributed by atoms with E-state index in [2.05, 4.69) is 24.0 Å². The molecular formula is C15H18N2O. The number of rotatable bonds is 4. The molecule has 1 heterocycles. The molecule has 0 saturated carbocycles. The minimum absolute atomic E-state index is 0.230. The van der Waals surface area contributed by atoms with Gasteiger partial charge in [0.1, 0.15) is 5.78 Å². The summed E-state index contributed by atoms with van der Waals surface area (Å²) in [6.45, 7) is 6.04. The molecule has 0 aliphatic carbocycles. The van der Waals surface area contributed by atoms with Crippen molar-refractivity contribution >= 4 is 16.6 Å². The van der Waals surface area contributed by atoms with Crippen molar-refractivity contribution in [3.05, 3.63) is 35.7 Å². The number of carbonyl (C=O) groups excluding carboxylic acids is 1. The number of nitrogens with zero attached hydrogens (tertiary/aromatic N) is 2. The first-order valence-corrected chi connectivity index (χ1v) is 6.30. The van der Waals surface area contributed by atoms with E-state index in [-0.39, 0.29) is 5.78 Å². The predicted molar refractivity (Wildman–Crippen MR) is 72.4 cm³/mol. The molecule has 0 atom stereocenters. The molecule has 0 N–H and O–H groups in total. The first-order chi connectivity index (χ1) is 8.58. The lowest BCUT2D eigenvalue weighted by atomic mass is 10.0. The SMILES string of the molecule is Cc1nnc(CC(=O)CC(C)C)c2ccccc12. The van der Waals surface area contributed by atoms with Gasteiger partial charge in [-0.15, -0.1) is 0 Å². The zero-order chi connectivity index (χ0) is 13.1. The second kappa shape index (κ2) is 5.25. The largest absolute Gasteiger partial charge is 0.299 e. The summed E-state index contributed by atoms with van der Waals surface area (Å²) in [5.74, 6) is 0.621. The van der Waals surface area contributed by atoms with Gasteiger partial charge in [-0.2, -0.15) is 10.2 Å². The summed E-state index contributed by atoms with van der Waals surface area (Å²) < 4.78 is 0. The lowest BCUT2D eigenvalue weighted by molar-refractivity contribution is -0.119. The minimum atomic E-state index is 0.230. The molecule has 18 heavy (non-hydrogen) atoms.